The van der Waals surface area contributed by atoms with Crippen molar-refractivity contribution >= 4 is 11.9 Å². The highest BCUT2D eigenvalue weighted by molar-refractivity contribution is 5.90. The zero-order chi connectivity index (χ0) is 18.7. The van der Waals surface area contributed by atoms with Gasteiger partial charge < -0.3 is 19.9 Å². The topological polar surface area (TPSA) is 109 Å². The van der Waals surface area contributed by atoms with Crippen LogP contribution < -0.4 is 10.1 Å². The van der Waals surface area contributed by atoms with E-state index in [1.54, 1.807) is 38.1 Å². The van der Waals surface area contributed by atoms with Crippen LogP contribution in [0, 0.1) is 16.7 Å². The van der Waals surface area contributed by atoms with Crippen LogP contribution in [0.3, 0.4) is 0 Å². The summed E-state index contributed by atoms with van der Waals surface area (Å²) in [6.45, 7) is 5.57. The van der Waals surface area contributed by atoms with Gasteiger partial charge in [0, 0.05) is 18.4 Å². The Balaban J connectivity index is 1.99. The maximum Gasteiger partial charge on any atom is 0.330 e. The van der Waals surface area contributed by atoms with E-state index in [0.717, 1.165) is 0 Å². The number of carboxylic acid groups (broad SMARTS) is 1. The zero-order valence-corrected chi connectivity index (χ0v) is 14.5. The first-order valence-corrected chi connectivity index (χ1v) is 8.06. The molecule has 1 amide bonds. The van der Waals surface area contributed by atoms with Crippen molar-refractivity contribution < 1.29 is 24.2 Å². The van der Waals surface area contributed by atoms with E-state index >= 15 is 0 Å². The summed E-state index contributed by atoms with van der Waals surface area (Å²) in [6, 6.07) is 8.30. The second kappa shape index (κ2) is 7.11. The summed E-state index contributed by atoms with van der Waals surface area (Å²) in [7, 11) is 0. The lowest BCUT2D eigenvalue weighted by molar-refractivity contribution is -0.194. The fourth-order valence-electron chi connectivity index (χ4n) is 3.09. The average molecular weight is 346 g/mol. The van der Waals surface area contributed by atoms with E-state index in [9.17, 15) is 14.7 Å². The SMILES string of the molecule is CCOC1CC(NC(=O)COc2ccc(C#N)cc2)(C(=O)O)C1(C)C. The number of aliphatic carboxylic acids is 1. The van der Waals surface area contributed by atoms with E-state index < -0.39 is 22.8 Å². The predicted molar refractivity (Wildman–Crippen MR) is 89.0 cm³/mol. The van der Waals surface area contributed by atoms with E-state index in [-0.39, 0.29) is 19.1 Å². The fourth-order valence-corrected chi connectivity index (χ4v) is 3.09. The monoisotopic (exact) mass is 346 g/mol. The van der Waals surface area contributed by atoms with Crippen molar-refractivity contribution in [3.63, 3.8) is 0 Å². The first-order valence-electron chi connectivity index (χ1n) is 8.06. The molecule has 1 aromatic rings. The van der Waals surface area contributed by atoms with Crippen molar-refractivity contribution in [3.05, 3.63) is 29.8 Å². The molecule has 2 N–H and O–H groups in total. The molecule has 2 unspecified atom stereocenters. The largest absolute Gasteiger partial charge is 0.484 e. The number of carbonyl (C=O) groups excluding carboxylic acids is 1. The molecule has 1 fully saturated rings. The van der Waals surface area contributed by atoms with Crippen LogP contribution in [0.5, 0.6) is 5.75 Å². The van der Waals surface area contributed by atoms with E-state index in [4.69, 9.17) is 14.7 Å². The predicted octanol–water partition coefficient (Wildman–Crippen LogP) is 1.71. The summed E-state index contributed by atoms with van der Waals surface area (Å²) in [4.78, 5) is 24.0. The first kappa shape index (κ1) is 18.7. The Bertz CT molecular complexity index is 692. The minimum atomic E-state index is -1.38. The van der Waals surface area contributed by atoms with Gasteiger partial charge >= 0.3 is 5.97 Å². The molecule has 1 aliphatic carbocycles. The van der Waals surface area contributed by atoms with Gasteiger partial charge in [0.25, 0.3) is 5.91 Å². The second-order valence-corrected chi connectivity index (χ2v) is 6.55. The van der Waals surface area contributed by atoms with Gasteiger partial charge in [-0.3, -0.25) is 4.79 Å². The van der Waals surface area contributed by atoms with Gasteiger partial charge in [0.15, 0.2) is 6.61 Å². The molecule has 0 bridgehead atoms. The molecule has 2 atom stereocenters. The van der Waals surface area contributed by atoms with Crippen molar-refractivity contribution in [1.82, 2.24) is 5.32 Å². The van der Waals surface area contributed by atoms with Crippen LogP contribution in [-0.2, 0) is 14.3 Å². The van der Waals surface area contributed by atoms with Crippen molar-refractivity contribution in [3.8, 4) is 11.8 Å². The van der Waals surface area contributed by atoms with Gasteiger partial charge in [-0.1, -0.05) is 13.8 Å². The lowest BCUT2D eigenvalue weighted by Crippen LogP contribution is -2.76. The van der Waals surface area contributed by atoms with Gasteiger partial charge in [-0.05, 0) is 31.2 Å². The molecule has 2 rings (SSSR count). The Kier molecular flexibility index (Phi) is 5.33. The van der Waals surface area contributed by atoms with E-state index in [0.29, 0.717) is 17.9 Å². The molecule has 0 saturated heterocycles. The number of hydrogen-bond donors (Lipinski definition) is 2. The molecular formula is C18H22N2O5. The molecule has 25 heavy (non-hydrogen) atoms. The van der Waals surface area contributed by atoms with Crippen molar-refractivity contribution in [1.29, 1.82) is 5.26 Å². The molecule has 7 heteroatoms. The Hall–Kier alpha value is -2.59. The molecule has 1 aliphatic rings. The Morgan fingerprint density at radius 1 is 1.36 bits per heavy atom. The number of nitrogens with one attached hydrogen (secondary N) is 1. The van der Waals surface area contributed by atoms with Crippen molar-refractivity contribution in [2.75, 3.05) is 13.2 Å². The molecule has 1 aromatic carbocycles. The summed E-state index contributed by atoms with van der Waals surface area (Å²) in [5.41, 5.74) is -1.63. The molecule has 0 aromatic heterocycles. The number of benzene rings is 1. The minimum Gasteiger partial charge on any atom is -0.484 e. The normalized spacial score (nSPS) is 23.8. The Morgan fingerprint density at radius 2 is 2.00 bits per heavy atom. The number of nitrogens with zero attached hydrogens (tertiary/aromatic N) is 1. The number of hydrogen-bond acceptors (Lipinski definition) is 5. The third-order valence-corrected chi connectivity index (χ3v) is 4.84. The van der Waals surface area contributed by atoms with Crippen LogP contribution in [-0.4, -0.2) is 41.8 Å². The summed E-state index contributed by atoms with van der Waals surface area (Å²) in [5.74, 6) is -1.17. The highest BCUT2D eigenvalue weighted by atomic mass is 16.5. The number of carbonyl (C=O) groups is 2. The fraction of sp³-hybridized carbons (Fsp3) is 0.500. The lowest BCUT2D eigenvalue weighted by Gasteiger charge is -2.58. The highest BCUT2D eigenvalue weighted by Gasteiger charge is 2.66. The summed E-state index contributed by atoms with van der Waals surface area (Å²) in [5, 5.41) is 21.0. The molecule has 0 radical (unpaired) electrons. The number of ether oxygens (including phenoxy) is 2. The number of nitriles is 1. The third-order valence-electron chi connectivity index (χ3n) is 4.84. The van der Waals surface area contributed by atoms with E-state index in [1.807, 2.05) is 13.0 Å². The van der Waals surface area contributed by atoms with Crippen LogP contribution in [0.15, 0.2) is 24.3 Å². The van der Waals surface area contributed by atoms with Gasteiger partial charge in [0.05, 0.1) is 17.7 Å². The second-order valence-electron chi connectivity index (χ2n) is 6.55. The maximum absolute atomic E-state index is 12.2. The zero-order valence-electron chi connectivity index (χ0n) is 14.5. The van der Waals surface area contributed by atoms with Crippen LogP contribution >= 0.6 is 0 Å². The molecule has 0 spiro atoms. The van der Waals surface area contributed by atoms with Crippen molar-refractivity contribution in [2.45, 2.75) is 38.8 Å². The number of rotatable bonds is 7. The molecule has 0 aliphatic heterocycles. The molecule has 7 nitrogen and oxygen atoms in total. The third kappa shape index (κ3) is 3.44. The minimum absolute atomic E-state index is 0.214. The van der Waals surface area contributed by atoms with E-state index in [2.05, 4.69) is 5.32 Å². The maximum atomic E-state index is 12.2. The van der Waals surface area contributed by atoms with Gasteiger partial charge in [0.1, 0.15) is 11.3 Å². The summed E-state index contributed by atoms with van der Waals surface area (Å²) < 4.78 is 10.9. The Morgan fingerprint density at radius 3 is 2.48 bits per heavy atom. The number of carboxylic acids is 1. The van der Waals surface area contributed by atoms with Gasteiger partial charge in [0.2, 0.25) is 0 Å². The van der Waals surface area contributed by atoms with Crippen LogP contribution in [0.1, 0.15) is 32.8 Å². The number of amides is 1. The standard InChI is InChI=1S/C18H22N2O5/c1-4-24-14-9-18(16(22)23,17(14,2)3)20-15(21)11-25-13-7-5-12(10-19)6-8-13/h5-8,14H,4,9,11H2,1-3H3,(H,20,21)(H,22,23). The molecular weight excluding hydrogens is 324 g/mol. The van der Waals surface area contributed by atoms with Gasteiger partial charge in [-0.2, -0.15) is 5.26 Å². The summed E-state index contributed by atoms with van der Waals surface area (Å²) >= 11 is 0. The lowest BCUT2D eigenvalue weighted by atomic mass is 9.54. The van der Waals surface area contributed by atoms with Crippen LogP contribution in [0.25, 0.3) is 0 Å². The van der Waals surface area contributed by atoms with E-state index in [1.165, 1.54) is 0 Å². The average Bonchev–Trinajstić information content (AvgIpc) is 2.59. The first-order chi connectivity index (χ1) is 11.8. The van der Waals surface area contributed by atoms with Gasteiger partial charge in [-0.25, -0.2) is 4.79 Å². The quantitative estimate of drug-likeness (QED) is 0.778. The van der Waals surface area contributed by atoms with Crippen molar-refractivity contribution in [2.24, 2.45) is 5.41 Å². The molecule has 0 heterocycles. The van der Waals surface area contributed by atoms with Crippen LogP contribution in [0.2, 0.25) is 0 Å². The van der Waals surface area contributed by atoms with Crippen LogP contribution in [0.4, 0.5) is 0 Å². The Labute approximate surface area is 146 Å². The molecule has 134 valence electrons. The molecule has 1 saturated carbocycles. The summed E-state index contributed by atoms with van der Waals surface area (Å²) in [6.07, 6.45) is -0.0143. The smallest absolute Gasteiger partial charge is 0.330 e. The highest BCUT2D eigenvalue weighted by Crippen LogP contribution is 2.51. The van der Waals surface area contributed by atoms with Gasteiger partial charge in [-0.15, -0.1) is 0 Å².